The number of para-hydroxylation sites is 1. The highest BCUT2D eigenvalue weighted by Crippen LogP contribution is 2.09. The van der Waals surface area contributed by atoms with Crippen LogP contribution in [0.5, 0.6) is 0 Å². The van der Waals surface area contributed by atoms with Gasteiger partial charge in [-0.2, -0.15) is 4.07 Å². The van der Waals surface area contributed by atoms with E-state index in [-0.39, 0.29) is 9.90 Å². The molecule has 0 aliphatic heterocycles. The van der Waals surface area contributed by atoms with Crippen LogP contribution in [0.3, 0.4) is 0 Å². The molecule has 0 saturated carbocycles. The number of aromatic nitrogens is 2. The van der Waals surface area contributed by atoms with Gasteiger partial charge in [0.1, 0.15) is 0 Å². The standard InChI is InChI=1S/C8H5ClN2OS/c9-7-8(12)13-11(10-7)6-4-2-1-3-5-6/h1-5H. The Bertz CT molecular complexity index is 462. The molecule has 1 heterocycles. The highest BCUT2D eigenvalue weighted by Gasteiger charge is 2.04. The van der Waals surface area contributed by atoms with E-state index in [2.05, 4.69) is 5.10 Å². The van der Waals surface area contributed by atoms with Crippen molar-refractivity contribution in [2.75, 3.05) is 0 Å². The minimum atomic E-state index is -0.217. The predicted molar refractivity (Wildman–Crippen MR) is 52.7 cm³/mol. The topological polar surface area (TPSA) is 34.9 Å². The van der Waals surface area contributed by atoms with Crippen molar-refractivity contribution in [2.24, 2.45) is 0 Å². The van der Waals surface area contributed by atoms with Crippen LogP contribution in [0.4, 0.5) is 0 Å². The van der Waals surface area contributed by atoms with Crippen molar-refractivity contribution in [3.8, 4) is 5.69 Å². The van der Waals surface area contributed by atoms with Gasteiger partial charge in [0.25, 0.3) is 4.74 Å². The van der Waals surface area contributed by atoms with Crippen molar-refractivity contribution in [3.05, 3.63) is 45.0 Å². The first-order valence-corrected chi connectivity index (χ1v) is 4.74. The third-order valence-corrected chi connectivity index (χ3v) is 2.68. The molecule has 0 bridgehead atoms. The molecular weight excluding hydrogens is 208 g/mol. The van der Waals surface area contributed by atoms with Crippen LogP contribution in [0.1, 0.15) is 0 Å². The molecule has 13 heavy (non-hydrogen) atoms. The molecule has 0 N–H and O–H groups in total. The van der Waals surface area contributed by atoms with Crippen LogP contribution in [0, 0.1) is 0 Å². The molecule has 2 aromatic rings. The summed E-state index contributed by atoms with van der Waals surface area (Å²) in [6.45, 7) is 0. The molecule has 2 rings (SSSR count). The predicted octanol–water partition coefficient (Wildman–Crippen LogP) is 1.95. The maximum Gasteiger partial charge on any atom is 0.289 e. The van der Waals surface area contributed by atoms with Crippen molar-refractivity contribution < 1.29 is 0 Å². The fraction of sp³-hybridized carbons (Fsp3) is 0. The Labute approximate surface area is 83.4 Å². The third-order valence-electron chi connectivity index (χ3n) is 1.49. The molecule has 0 aliphatic carbocycles. The Hall–Kier alpha value is -1.13. The van der Waals surface area contributed by atoms with Crippen LogP contribution in [-0.4, -0.2) is 9.17 Å². The Morgan fingerprint density at radius 3 is 2.54 bits per heavy atom. The van der Waals surface area contributed by atoms with E-state index in [9.17, 15) is 4.79 Å². The molecule has 0 atom stereocenters. The Morgan fingerprint density at radius 2 is 2.00 bits per heavy atom. The summed E-state index contributed by atoms with van der Waals surface area (Å²) in [4.78, 5) is 11.0. The summed E-state index contributed by atoms with van der Waals surface area (Å²) in [5.74, 6) is 0. The number of halogens is 1. The molecular formula is C8H5ClN2OS. The number of hydrogen-bond donors (Lipinski definition) is 0. The van der Waals surface area contributed by atoms with Gasteiger partial charge >= 0.3 is 0 Å². The van der Waals surface area contributed by atoms with Gasteiger partial charge in [0.2, 0.25) is 5.15 Å². The highest BCUT2D eigenvalue weighted by atomic mass is 35.5. The minimum absolute atomic E-state index is 0.0221. The lowest BCUT2D eigenvalue weighted by Crippen LogP contribution is -1.90. The maximum absolute atomic E-state index is 11.0. The lowest BCUT2D eigenvalue weighted by molar-refractivity contribution is 0.955. The van der Waals surface area contributed by atoms with Crippen molar-refractivity contribution in [3.63, 3.8) is 0 Å². The van der Waals surface area contributed by atoms with E-state index >= 15 is 0 Å². The SMILES string of the molecule is O=c1sn(-c2ccccc2)nc1Cl. The normalized spacial score (nSPS) is 10.2. The number of hydrogen-bond acceptors (Lipinski definition) is 3. The smallest absolute Gasteiger partial charge is 0.273 e. The number of benzene rings is 1. The van der Waals surface area contributed by atoms with Gasteiger partial charge < -0.3 is 0 Å². The second-order valence-electron chi connectivity index (χ2n) is 2.38. The second-order valence-corrected chi connectivity index (χ2v) is 3.64. The van der Waals surface area contributed by atoms with Gasteiger partial charge in [-0.15, -0.1) is 5.10 Å². The van der Waals surface area contributed by atoms with E-state index in [1.807, 2.05) is 30.3 Å². The van der Waals surface area contributed by atoms with Crippen LogP contribution in [0.25, 0.3) is 5.69 Å². The molecule has 5 heteroatoms. The zero-order valence-corrected chi connectivity index (χ0v) is 8.05. The van der Waals surface area contributed by atoms with Gasteiger partial charge in [0, 0.05) is 11.5 Å². The lowest BCUT2D eigenvalue weighted by Gasteiger charge is -1.95. The fourth-order valence-electron chi connectivity index (χ4n) is 0.923. The van der Waals surface area contributed by atoms with E-state index in [1.165, 1.54) is 4.07 Å². The molecule has 0 aliphatic rings. The van der Waals surface area contributed by atoms with E-state index < -0.39 is 0 Å². The van der Waals surface area contributed by atoms with Gasteiger partial charge in [0.05, 0.1) is 5.69 Å². The lowest BCUT2D eigenvalue weighted by atomic mass is 10.3. The summed E-state index contributed by atoms with van der Waals surface area (Å²) in [6.07, 6.45) is 0. The molecule has 0 unspecified atom stereocenters. The van der Waals surface area contributed by atoms with Gasteiger partial charge in [-0.05, 0) is 12.1 Å². The average molecular weight is 213 g/mol. The molecule has 1 aromatic heterocycles. The van der Waals surface area contributed by atoms with Crippen molar-refractivity contribution in [1.82, 2.24) is 9.17 Å². The monoisotopic (exact) mass is 212 g/mol. The average Bonchev–Trinajstić information content (AvgIpc) is 2.49. The fourth-order valence-corrected chi connectivity index (χ4v) is 1.77. The number of nitrogens with zero attached hydrogens (tertiary/aromatic N) is 2. The molecule has 0 amide bonds. The van der Waals surface area contributed by atoms with Gasteiger partial charge in [-0.3, -0.25) is 4.79 Å². The van der Waals surface area contributed by atoms with Gasteiger partial charge in [-0.1, -0.05) is 29.8 Å². The summed E-state index contributed by atoms with van der Waals surface area (Å²) in [6, 6.07) is 9.38. The molecule has 66 valence electrons. The Balaban J connectivity index is 2.54. The number of rotatable bonds is 1. The van der Waals surface area contributed by atoms with E-state index in [4.69, 9.17) is 11.6 Å². The van der Waals surface area contributed by atoms with Crippen LogP contribution in [0.15, 0.2) is 35.1 Å². The first-order valence-electron chi connectivity index (χ1n) is 3.59. The molecule has 0 radical (unpaired) electrons. The Kier molecular flexibility index (Phi) is 2.16. The van der Waals surface area contributed by atoms with E-state index in [1.54, 1.807) is 0 Å². The highest BCUT2D eigenvalue weighted by molar-refractivity contribution is 7.04. The molecule has 3 nitrogen and oxygen atoms in total. The summed E-state index contributed by atoms with van der Waals surface area (Å²) < 4.78 is 1.29. The van der Waals surface area contributed by atoms with Gasteiger partial charge in [-0.25, -0.2) is 0 Å². The van der Waals surface area contributed by atoms with Crippen molar-refractivity contribution in [1.29, 1.82) is 0 Å². The van der Waals surface area contributed by atoms with Crippen LogP contribution < -0.4 is 4.74 Å². The minimum Gasteiger partial charge on any atom is -0.273 e. The third kappa shape index (κ3) is 1.64. The quantitative estimate of drug-likeness (QED) is 0.724. The Morgan fingerprint density at radius 1 is 1.31 bits per heavy atom. The molecule has 1 aromatic carbocycles. The molecule has 0 spiro atoms. The van der Waals surface area contributed by atoms with Crippen molar-refractivity contribution >= 4 is 23.1 Å². The maximum atomic E-state index is 11.0. The van der Waals surface area contributed by atoms with Gasteiger partial charge in [0.15, 0.2) is 0 Å². The zero-order chi connectivity index (χ0) is 9.26. The first kappa shape index (κ1) is 8.47. The summed E-state index contributed by atoms with van der Waals surface area (Å²) in [5.41, 5.74) is 0.844. The van der Waals surface area contributed by atoms with Crippen LogP contribution in [0.2, 0.25) is 5.15 Å². The van der Waals surface area contributed by atoms with E-state index in [0.717, 1.165) is 17.2 Å². The van der Waals surface area contributed by atoms with Crippen molar-refractivity contribution in [2.45, 2.75) is 0 Å². The second kappa shape index (κ2) is 3.32. The largest absolute Gasteiger partial charge is 0.289 e. The first-order chi connectivity index (χ1) is 6.27. The van der Waals surface area contributed by atoms with Crippen LogP contribution in [-0.2, 0) is 0 Å². The zero-order valence-electron chi connectivity index (χ0n) is 6.48. The summed E-state index contributed by atoms with van der Waals surface area (Å²) >= 11 is 6.53. The summed E-state index contributed by atoms with van der Waals surface area (Å²) in [7, 11) is 0. The molecule has 0 fully saturated rings. The van der Waals surface area contributed by atoms with E-state index in [0.29, 0.717) is 0 Å². The molecule has 0 saturated heterocycles. The van der Waals surface area contributed by atoms with Crippen LogP contribution >= 0.6 is 23.1 Å². The summed E-state index contributed by atoms with van der Waals surface area (Å²) in [5, 5.41) is 3.89.